The Morgan fingerprint density at radius 2 is 2.29 bits per heavy atom. The Hall–Kier alpha value is -1.83. The quantitative estimate of drug-likeness (QED) is 0.900. The Bertz CT molecular complexity index is 600. The van der Waals surface area contributed by atoms with Crippen molar-refractivity contribution in [1.82, 2.24) is 4.98 Å². The summed E-state index contributed by atoms with van der Waals surface area (Å²) in [5.74, 6) is 1.11. The first-order chi connectivity index (χ1) is 9.95. The van der Waals surface area contributed by atoms with Gasteiger partial charge in [-0.2, -0.15) is 0 Å². The Labute approximate surface area is 124 Å². The first kappa shape index (κ1) is 15.6. The summed E-state index contributed by atoms with van der Waals surface area (Å²) in [5.41, 5.74) is 0.528. The van der Waals surface area contributed by atoms with Crippen LogP contribution in [0.4, 0.5) is 16.3 Å². The maximum atomic E-state index is 11.6. The average Bonchev–Trinajstić information content (AvgIpc) is 2.81. The number of nitrogens with zero attached hydrogens (tertiary/aromatic N) is 2. The van der Waals surface area contributed by atoms with E-state index in [1.165, 1.54) is 13.3 Å². The molecule has 1 aliphatic rings. The SMILES string of the molecule is CCN(c1ccc(NC(=O)OC)cn1)C1CCS(=O)(=O)C1. The summed E-state index contributed by atoms with van der Waals surface area (Å²) < 4.78 is 27.7. The highest BCUT2D eigenvalue weighted by molar-refractivity contribution is 7.91. The standard InChI is InChI=1S/C13H19N3O4S/c1-3-16(11-6-7-21(18,19)9-11)12-5-4-10(8-14-12)15-13(17)20-2/h4-5,8,11H,3,6-7,9H2,1-2H3,(H,15,17). The number of carbonyl (C=O) groups excluding carboxylic acids is 1. The monoisotopic (exact) mass is 313 g/mol. The van der Waals surface area contributed by atoms with Crippen molar-refractivity contribution in [2.45, 2.75) is 19.4 Å². The normalized spacial score (nSPS) is 20.0. The minimum absolute atomic E-state index is 0.0353. The minimum Gasteiger partial charge on any atom is -0.453 e. The molecule has 0 aliphatic carbocycles. The lowest BCUT2D eigenvalue weighted by Crippen LogP contribution is -2.36. The molecule has 1 unspecified atom stereocenters. The molecule has 8 heteroatoms. The highest BCUT2D eigenvalue weighted by atomic mass is 32.2. The van der Waals surface area contributed by atoms with Crippen molar-refractivity contribution in [3.63, 3.8) is 0 Å². The van der Waals surface area contributed by atoms with Crippen molar-refractivity contribution in [2.24, 2.45) is 0 Å². The van der Waals surface area contributed by atoms with E-state index in [1.807, 2.05) is 11.8 Å². The molecule has 0 saturated carbocycles. The summed E-state index contributed by atoms with van der Waals surface area (Å²) in [6, 6.07) is 3.44. The van der Waals surface area contributed by atoms with Crippen LogP contribution in [0.5, 0.6) is 0 Å². The van der Waals surface area contributed by atoms with Crippen LogP contribution in [0.3, 0.4) is 0 Å². The molecule has 2 rings (SSSR count). The highest BCUT2D eigenvalue weighted by Crippen LogP contribution is 2.23. The molecule has 0 radical (unpaired) electrons. The van der Waals surface area contributed by atoms with Gasteiger partial charge in [0.2, 0.25) is 0 Å². The number of rotatable bonds is 4. The van der Waals surface area contributed by atoms with Crippen molar-refractivity contribution in [3.8, 4) is 0 Å². The van der Waals surface area contributed by atoms with Crippen LogP contribution in [-0.2, 0) is 14.6 Å². The second-order valence-electron chi connectivity index (χ2n) is 4.86. The molecular weight excluding hydrogens is 294 g/mol. The van der Waals surface area contributed by atoms with Crippen molar-refractivity contribution in [3.05, 3.63) is 18.3 Å². The minimum atomic E-state index is -2.93. The molecular formula is C13H19N3O4S. The van der Waals surface area contributed by atoms with E-state index in [0.717, 1.165) is 0 Å². The molecule has 0 bridgehead atoms. The van der Waals surface area contributed by atoms with E-state index in [-0.39, 0.29) is 17.5 Å². The van der Waals surface area contributed by atoms with Gasteiger partial charge in [0.1, 0.15) is 5.82 Å². The maximum absolute atomic E-state index is 11.6. The molecule has 2 heterocycles. The smallest absolute Gasteiger partial charge is 0.411 e. The zero-order valence-electron chi connectivity index (χ0n) is 12.1. The molecule has 116 valence electrons. The van der Waals surface area contributed by atoms with Crippen LogP contribution in [0.25, 0.3) is 0 Å². The van der Waals surface area contributed by atoms with Crippen LogP contribution in [-0.4, -0.2) is 50.7 Å². The van der Waals surface area contributed by atoms with Crippen LogP contribution in [0.15, 0.2) is 18.3 Å². The molecule has 0 spiro atoms. The van der Waals surface area contributed by atoms with E-state index >= 15 is 0 Å². The molecule has 1 saturated heterocycles. The van der Waals surface area contributed by atoms with E-state index in [4.69, 9.17) is 0 Å². The zero-order valence-corrected chi connectivity index (χ0v) is 12.9. The molecule has 21 heavy (non-hydrogen) atoms. The second-order valence-corrected chi connectivity index (χ2v) is 7.09. The van der Waals surface area contributed by atoms with Gasteiger partial charge in [-0.15, -0.1) is 0 Å². The van der Waals surface area contributed by atoms with Crippen LogP contribution >= 0.6 is 0 Å². The van der Waals surface area contributed by atoms with Gasteiger partial charge in [0, 0.05) is 12.6 Å². The number of sulfone groups is 1. The number of pyridine rings is 1. The second kappa shape index (κ2) is 6.30. The van der Waals surface area contributed by atoms with E-state index in [1.54, 1.807) is 12.1 Å². The number of amides is 1. The number of carbonyl (C=O) groups is 1. The van der Waals surface area contributed by atoms with Gasteiger partial charge >= 0.3 is 6.09 Å². The fourth-order valence-corrected chi connectivity index (χ4v) is 4.16. The van der Waals surface area contributed by atoms with Crippen LogP contribution < -0.4 is 10.2 Å². The molecule has 1 aromatic heterocycles. The zero-order chi connectivity index (χ0) is 15.5. The Balaban J connectivity index is 2.10. The van der Waals surface area contributed by atoms with Gasteiger partial charge in [-0.1, -0.05) is 0 Å². The predicted octanol–water partition coefficient (Wildman–Crippen LogP) is 1.27. The summed E-state index contributed by atoms with van der Waals surface area (Å²) in [6.07, 6.45) is 1.59. The molecule has 1 aromatic rings. The number of aromatic nitrogens is 1. The first-order valence-corrected chi connectivity index (χ1v) is 8.55. The lowest BCUT2D eigenvalue weighted by atomic mass is 10.2. The summed E-state index contributed by atoms with van der Waals surface area (Å²) in [4.78, 5) is 17.4. The van der Waals surface area contributed by atoms with E-state index in [9.17, 15) is 13.2 Å². The largest absolute Gasteiger partial charge is 0.453 e. The predicted molar refractivity (Wildman–Crippen MR) is 80.3 cm³/mol. The molecule has 1 aliphatic heterocycles. The van der Waals surface area contributed by atoms with Crippen LogP contribution in [0.1, 0.15) is 13.3 Å². The van der Waals surface area contributed by atoms with Crippen molar-refractivity contribution >= 4 is 27.4 Å². The Morgan fingerprint density at radius 3 is 2.76 bits per heavy atom. The molecule has 0 aromatic carbocycles. The van der Waals surface area contributed by atoms with E-state index in [0.29, 0.717) is 24.5 Å². The number of nitrogens with one attached hydrogen (secondary N) is 1. The summed E-state index contributed by atoms with van der Waals surface area (Å²) >= 11 is 0. The topological polar surface area (TPSA) is 88.6 Å². The first-order valence-electron chi connectivity index (χ1n) is 6.73. The van der Waals surface area contributed by atoms with Gasteiger partial charge in [-0.05, 0) is 25.5 Å². The number of hydrogen-bond acceptors (Lipinski definition) is 6. The number of ether oxygens (including phenoxy) is 1. The maximum Gasteiger partial charge on any atom is 0.411 e. The fraction of sp³-hybridized carbons (Fsp3) is 0.538. The van der Waals surface area contributed by atoms with Gasteiger partial charge in [0.05, 0.1) is 30.5 Å². The Morgan fingerprint density at radius 1 is 1.52 bits per heavy atom. The number of hydrogen-bond donors (Lipinski definition) is 1. The summed E-state index contributed by atoms with van der Waals surface area (Å²) in [7, 11) is -1.64. The fourth-order valence-electron chi connectivity index (χ4n) is 2.43. The third kappa shape index (κ3) is 3.84. The molecule has 1 fully saturated rings. The van der Waals surface area contributed by atoms with E-state index in [2.05, 4.69) is 15.0 Å². The third-order valence-electron chi connectivity index (χ3n) is 3.46. The van der Waals surface area contributed by atoms with Crippen LogP contribution in [0, 0.1) is 0 Å². The summed E-state index contributed by atoms with van der Waals surface area (Å²) in [5, 5.41) is 2.52. The summed E-state index contributed by atoms with van der Waals surface area (Å²) in [6.45, 7) is 2.64. The molecule has 1 atom stereocenters. The lowest BCUT2D eigenvalue weighted by molar-refractivity contribution is 0.187. The van der Waals surface area contributed by atoms with Crippen LogP contribution in [0.2, 0.25) is 0 Å². The molecule has 1 N–H and O–H groups in total. The van der Waals surface area contributed by atoms with Crippen molar-refractivity contribution < 1.29 is 17.9 Å². The number of anilines is 2. The van der Waals surface area contributed by atoms with Gasteiger partial charge in [-0.3, -0.25) is 5.32 Å². The number of methoxy groups -OCH3 is 1. The Kier molecular flexibility index (Phi) is 4.66. The lowest BCUT2D eigenvalue weighted by Gasteiger charge is -2.28. The average molecular weight is 313 g/mol. The van der Waals surface area contributed by atoms with Gasteiger partial charge < -0.3 is 9.64 Å². The third-order valence-corrected chi connectivity index (χ3v) is 5.21. The van der Waals surface area contributed by atoms with Gasteiger partial charge in [0.15, 0.2) is 9.84 Å². The van der Waals surface area contributed by atoms with Gasteiger partial charge in [-0.25, -0.2) is 18.2 Å². The van der Waals surface area contributed by atoms with Crippen molar-refractivity contribution in [2.75, 3.05) is 35.4 Å². The molecule has 1 amide bonds. The van der Waals surface area contributed by atoms with Crippen molar-refractivity contribution in [1.29, 1.82) is 0 Å². The molecule has 7 nitrogen and oxygen atoms in total. The highest BCUT2D eigenvalue weighted by Gasteiger charge is 2.32. The van der Waals surface area contributed by atoms with Gasteiger partial charge in [0.25, 0.3) is 0 Å². The van der Waals surface area contributed by atoms with E-state index < -0.39 is 15.9 Å².